The van der Waals surface area contributed by atoms with Crippen molar-refractivity contribution >= 4 is 63.4 Å². The molecule has 1 aromatic heterocycles. The number of alkyl halides is 3. The number of rotatable bonds is 5. The second-order valence-corrected chi connectivity index (χ2v) is 9.08. The first kappa shape index (κ1) is 25.3. The third-order valence-electron chi connectivity index (χ3n) is 5.11. The third-order valence-corrected chi connectivity index (χ3v) is 6.25. The summed E-state index contributed by atoms with van der Waals surface area (Å²) in [5.41, 5.74) is 5.34. The number of thioether (sulfide) groups is 1. The number of nitrogens with zero attached hydrogens (tertiary/aromatic N) is 3. The van der Waals surface area contributed by atoms with Crippen LogP contribution >= 0.6 is 23.4 Å². The monoisotopic (exact) mass is 536 g/mol. The number of benzene rings is 2. The molecule has 0 atom stereocenters. The first-order chi connectivity index (χ1) is 16.9. The number of carbonyl (C=O) groups is 3. The second-order valence-electron chi connectivity index (χ2n) is 7.65. The molecule has 0 saturated carbocycles. The summed E-state index contributed by atoms with van der Waals surface area (Å²) >= 11 is 6.40. The number of fused-ring (bicyclic) bond motifs is 1. The predicted molar refractivity (Wildman–Crippen MR) is 128 cm³/mol. The van der Waals surface area contributed by atoms with Crippen LogP contribution in [-0.4, -0.2) is 44.2 Å². The van der Waals surface area contributed by atoms with E-state index in [1.54, 1.807) is 18.2 Å². The van der Waals surface area contributed by atoms with E-state index in [4.69, 9.17) is 22.7 Å². The molecule has 2 heterocycles. The highest BCUT2D eigenvalue weighted by Crippen LogP contribution is 2.35. The van der Waals surface area contributed by atoms with Crippen molar-refractivity contribution in [3.8, 4) is 0 Å². The van der Waals surface area contributed by atoms with Crippen molar-refractivity contribution in [1.29, 1.82) is 5.41 Å². The molecule has 1 aliphatic heterocycles. The van der Waals surface area contributed by atoms with Crippen LogP contribution in [0.25, 0.3) is 17.0 Å². The molecule has 14 heteroatoms. The summed E-state index contributed by atoms with van der Waals surface area (Å²) in [6.07, 6.45) is -1.63. The lowest BCUT2D eigenvalue weighted by atomic mass is 10.1. The van der Waals surface area contributed by atoms with Crippen molar-refractivity contribution in [2.75, 3.05) is 6.54 Å². The summed E-state index contributed by atoms with van der Waals surface area (Å²) in [5, 5.41) is 13.2. The minimum absolute atomic E-state index is 0.00320. The Balaban J connectivity index is 1.56. The van der Waals surface area contributed by atoms with E-state index in [1.807, 2.05) is 5.32 Å². The van der Waals surface area contributed by atoms with Crippen molar-refractivity contribution in [2.45, 2.75) is 12.7 Å². The molecule has 0 bridgehead atoms. The first-order valence-electron chi connectivity index (χ1n) is 10.1. The Bertz CT molecular complexity index is 1450. The van der Waals surface area contributed by atoms with Gasteiger partial charge in [0.15, 0.2) is 5.96 Å². The van der Waals surface area contributed by atoms with Crippen LogP contribution in [0.4, 0.5) is 18.0 Å². The van der Waals surface area contributed by atoms with E-state index in [9.17, 15) is 27.6 Å². The van der Waals surface area contributed by atoms with Gasteiger partial charge in [0.25, 0.3) is 11.1 Å². The normalized spacial score (nSPS) is 15.2. The molecule has 3 aromatic rings. The number of amides is 3. The van der Waals surface area contributed by atoms with E-state index in [0.29, 0.717) is 28.2 Å². The van der Waals surface area contributed by atoms with Gasteiger partial charge in [-0.1, -0.05) is 23.7 Å². The van der Waals surface area contributed by atoms with Crippen LogP contribution in [0.3, 0.4) is 0 Å². The van der Waals surface area contributed by atoms with Gasteiger partial charge >= 0.3 is 6.18 Å². The van der Waals surface area contributed by atoms with Crippen LogP contribution in [0.2, 0.25) is 5.02 Å². The first-order valence-corrected chi connectivity index (χ1v) is 11.3. The number of hydrogen-bond acceptors (Lipinski definition) is 6. The summed E-state index contributed by atoms with van der Waals surface area (Å²) in [4.78, 5) is 37.3. The SMILES string of the molecule is N=C(N)NC(=O)CN1C(=O)S/C(=C\c2ccc3c(cnn3Cc3ccc(Cl)cc3C(F)(F)F)c2)C1=O. The topological polar surface area (TPSA) is 134 Å². The minimum atomic E-state index is -4.58. The zero-order valence-electron chi connectivity index (χ0n) is 18.1. The molecule has 4 rings (SSSR count). The van der Waals surface area contributed by atoms with E-state index in [1.165, 1.54) is 29.1 Å². The lowest BCUT2D eigenvalue weighted by Crippen LogP contribution is -2.44. The van der Waals surface area contributed by atoms with Gasteiger partial charge in [-0.3, -0.25) is 34.7 Å². The summed E-state index contributed by atoms with van der Waals surface area (Å²) in [5.74, 6) is -2.07. The van der Waals surface area contributed by atoms with Crippen molar-refractivity contribution in [1.82, 2.24) is 20.0 Å². The van der Waals surface area contributed by atoms with Gasteiger partial charge in [0, 0.05) is 10.4 Å². The van der Waals surface area contributed by atoms with Gasteiger partial charge in [0.2, 0.25) is 5.91 Å². The average Bonchev–Trinajstić information content (AvgIpc) is 3.29. The number of nitrogens with one attached hydrogen (secondary N) is 2. The van der Waals surface area contributed by atoms with Gasteiger partial charge in [-0.05, 0) is 53.2 Å². The van der Waals surface area contributed by atoms with Gasteiger partial charge in [-0.25, -0.2) is 0 Å². The van der Waals surface area contributed by atoms with Crippen LogP contribution in [0.5, 0.6) is 0 Å². The Labute approximate surface area is 210 Å². The number of imide groups is 1. The fraction of sp³-hybridized carbons (Fsp3) is 0.136. The maximum absolute atomic E-state index is 13.4. The summed E-state index contributed by atoms with van der Waals surface area (Å²) in [6.45, 7) is -0.728. The van der Waals surface area contributed by atoms with Crippen LogP contribution in [0, 0.1) is 5.41 Å². The minimum Gasteiger partial charge on any atom is -0.370 e. The molecular weight excluding hydrogens is 521 g/mol. The van der Waals surface area contributed by atoms with Crippen LogP contribution in [0.1, 0.15) is 16.7 Å². The fourth-order valence-corrected chi connectivity index (χ4v) is 4.56. The number of carbonyl (C=O) groups excluding carboxylic acids is 3. The van der Waals surface area contributed by atoms with Crippen molar-refractivity contribution in [2.24, 2.45) is 5.73 Å². The quantitative estimate of drug-likeness (QED) is 0.258. The Morgan fingerprint density at radius 1 is 1.22 bits per heavy atom. The maximum Gasteiger partial charge on any atom is 0.416 e. The van der Waals surface area contributed by atoms with E-state index >= 15 is 0 Å². The predicted octanol–water partition coefficient (Wildman–Crippen LogP) is 3.80. The molecule has 2 aromatic carbocycles. The number of hydrogen-bond donors (Lipinski definition) is 3. The van der Waals surface area contributed by atoms with Crippen molar-refractivity contribution < 1.29 is 27.6 Å². The smallest absolute Gasteiger partial charge is 0.370 e. The second kappa shape index (κ2) is 9.66. The Hall–Kier alpha value is -3.84. The molecule has 4 N–H and O–H groups in total. The highest BCUT2D eigenvalue weighted by molar-refractivity contribution is 8.18. The van der Waals surface area contributed by atoms with Gasteiger partial charge in [0.1, 0.15) is 6.54 Å². The lowest BCUT2D eigenvalue weighted by Gasteiger charge is -2.14. The van der Waals surface area contributed by atoms with Gasteiger partial charge in [-0.15, -0.1) is 0 Å². The molecule has 1 fully saturated rings. The van der Waals surface area contributed by atoms with Crippen LogP contribution < -0.4 is 11.1 Å². The molecule has 186 valence electrons. The third kappa shape index (κ3) is 5.36. The summed E-state index contributed by atoms with van der Waals surface area (Å²) in [7, 11) is 0. The summed E-state index contributed by atoms with van der Waals surface area (Å²) in [6, 6.07) is 8.50. The molecule has 9 nitrogen and oxygen atoms in total. The van der Waals surface area contributed by atoms with Crippen LogP contribution in [-0.2, 0) is 22.3 Å². The highest BCUT2D eigenvalue weighted by atomic mass is 35.5. The number of halogens is 4. The largest absolute Gasteiger partial charge is 0.416 e. The zero-order valence-corrected chi connectivity index (χ0v) is 19.7. The molecular formula is C22H16ClF3N6O3S. The standard InChI is InChI=1S/C22H16ClF3N6O3S/c23-14-3-2-12(15(7-14)22(24,25)26)9-32-16-4-1-11(5-13(16)8-29-32)6-17-19(34)31(21(35)36-17)10-18(33)30-20(27)28/h1-8H,9-10H2,(H4,27,28,30,33)/b17-6-. The molecule has 3 amide bonds. The van der Waals surface area contributed by atoms with Crippen LogP contribution in [0.15, 0.2) is 47.5 Å². The Morgan fingerprint density at radius 3 is 2.67 bits per heavy atom. The molecule has 0 spiro atoms. The van der Waals surface area contributed by atoms with Crippen molar-refractivity contribution in [3.05, 3.63) is 69.2 Å². The molecule has 36 heavy (non-hydrogen) atoms. The molecule has 1 aliphatic rings. The molecule has 0 aliphatic carbocycles. The summed E-state index contributed by atoms with van der Waals surface area (Å²) < 4.78 is 41.7. The van der Waals surface area contributed by atoms with E-state index < -0.39 is 41.3 Å². The Morgan fingerprint density at radius 2 is 1.97 bits per heavy atom. The number of nitrogens with two attached hydrogens (primary N) is 1. The van der Waals surface area contributed by atoms with Gasteiger partial charge in [-0.2, -0.15) is 18.3 Å². The number of guanidine groups is 1. The van der Waals surface area contributed by atoms with E-state index in [-0.39, 0.29) is 22.0 Å². The molecule has 0 unspecified atom stereocenters. The average molecular weight is 537 g/mol. The van der Waals surface area contributed by atoms with E-state index in [0.717, 1.165) is 11.0 Å². The number of aromatic nitrogens is 2. The highest BCUT2D eigenvalue weighted by Gasteiger charge is 2.36. The van der Waals surface area contributed by atoms with Crippen molar-refractivity contribution in [3.63, 3.8) is 0 Å². The lowest BCUT2D eigenvalue weighted by molar-refractivity contribution is -0.138. The zero-order chi connectivity index (χ0) is 26.2. The molecule has 0 radical (unpaired) electrons. The maximum atomic E-state index is 13.4. The van der Waals surface area contributed by atoms with Gasteiger partial charge < -0.3 is 5.73 Å². The Kier molecular flexibility index (Phi) is 6.78. The van der Waals surface area contributed by atoms with E-state index in [2.05, 4.69) is 5.10 Å². The molecule has 1 saturated heterocycles. The van der Waals surface area contributed by atoms with Gasteiger partial charge in [0.05, 0.1) is 28.7 Å². The fourth-order valence-electron chi connectivity index (χ4n) is 3.55.